The van der Waals surface area contributed by atoms with E-state index in [2.05, 4.69) is 16.4 Å². The molecule has 0 radical (unpaired) electrons. The van der Waals surface area contributed by atoms with Crippen molar-refractivity contribution in [1.29, 1.82) is 0 Å². The summed E-state index contributed by atoms with van der Waals surface area (Å²) >= 11 is 0. The molecule has 0 aromatic carbocycles. The molecule has 1 unspecified atom stereocenters. The maximum absolute atomic E-state index is 13.2. The van der Waals surface area contributed by atoms with Gasteiger partial charge in [0, 0.05) is 17.2 Å². The van der Waals surface area contributed by atoms with Crippen LogP contribution < -0.4 is 5.32 Å². The minimum absolute atomic E-state index is 0.0490. The molecule has 1 heterocycles. The van der Waals surface area contributed by atoms with Crippen LogP contribution in [0.3, 0.4) is 0 Å². The summed E-state index contributed by atoms with van der Waals surface area (Å²) in [4.78, 5) is 29.8. The van der Waals surface area contributed by atoms with Gasteiger partial charge in [0.1, 0.15) is 0 Å². The van der Waals surface area contributed by atoms with Crippen LogP contribution in [0.5, 0.6) is 0 Å². The molecule has 5 aliphatic carbocycles. The normalized spacial score (nSPS) is 42.0. The van der Waals surface area contributed by atoms with Gasteiger partial charge in [-0.1, -0.05) is 11.6 Å². The van der Waals surface area contributed by atoms with Crippen molar-refractivity contribution in [2.24, 2.45) is 34.1 Å². The number of hydrogen-bond acceptors (Lipinski definition) is 2. The molecular formula is C22H26N2O2. The molecule has 4 nitrogen and oxygen atoms in total. The molecule has 1 aliphatic heterocycles. The van der Waals surface area contributed by atoms with E-state index in [9.17, 15) is 9.59 Å². The fourth-order valence-electron chi connectivity index (χ4n) is 6.40. The van der Waals surface area contributed by atoms with Crippen molar-refractivity contribution in [2.75, 3.05) is 0 Å². The molecule has 136 valence electrons. The Kier molecular flexibility index (Phi) is 3.44. The summed E-state index contributed by atoms with van der Waals surface area (Å²) in [6.45, 7) is 3.86. The monoisotopic (exact) mass is 350 g/mol. The van der Waals surface area contributed by atoms with Gasteiger partial charge in [0.05, 0.1) is 11.1 Å². The number of carbonyl (C=O) groups is 2. The minimum Gasteiger partial charge on any atom is -0.325 e. The van der Waals surface area contributed by atoms with Crippen LogP contribution in [-0.2, 0) is 9.59 Å². The molecule has 4 saturated carbocycles. The highest BCUT2D eigenvalue weighted by molar-refractivity contribution is 6.12. The molecule has 1 atom stereocenters. The van der Waals surface area contributed by atoms with Gasteiger partial charge in [0.2, 0.25) is 0 Å². The number of rotatable bonds is 1. The van der Waals surface area contributed by atoms with Gasteiger partial charge in [0.15, 0.2) is 0 Å². The quantitative estimate of drug-likeness (QED) is 0.784. The Morgan fingerprint density at radius 1 is 1.12 bits per heavy atom. The minimum atomic E-state index is -0.201. The predicted octanol–water partition coefficient (Wildman–Crippen LogP) is 3.71. The molecular weight excluding hydrogens is 324 g/mol. The van der Waals surface area contributed by atoms with Crippen LogP contribution in [-0.4, -0.2) is 17.5 Å². The van der Waals surface area contributed by atoms with Crippen molar-refractivity contribution in [3.8, 4) is 0 Å². The maximum atomic E-state index is 13.2. The first kappa shape index (κ1) is 16.2. The lowest BCUT2D eigenvalue weighted by molar-refractivity contribution is -0.142. The number of hydrogen-bond donors (Lipinski definition) is 1. The lowest BCUT2D eigenvalue weighted by Crippen LogP contribution is -2.49. The SMILES string of the molecule is CC1=C(C)C2C=CC(=NC(=O)C34CC5CC(CC(C5)C3)C4)C=C2NC1=O. The molecule has 2 amide bonds. The number of amides is 2. The second-order valence-electron chi connectivity index (χ2n) is 9.24. The molecule has 0 aromatic heterocycles. The van der Waals surface area contributed by atoms with E-state index in [-0.39, 0.29) is 23.1 Å². The Bertz CT molecular complexity index is 792. The number of nitrogens with zero attached hydrogens (tertiary/aromatic N) is 1. The van der Waals surface area contributed by atoms with Crippen molar-refractivity contribution in [3.63, 3.8) is 0 Å². The van der Waals surface area contributed by atoms with E-state index in [0.717, 1.165) is 53.9 Å². The molecule has 0 aromatic rings. The Balaban J connectivity index is 1.42. The summed E-state index contributed by atoms with van der Waals surface area (Å²) < 4.78 is 0. The number of allylic oxidation sites excluding steroid dienone is 3. The summed E-state index contributed by atoms with van der Waals surface area (Å²) in [5, 5.41) is 2.96. The Labute approximate surface area is 154 Å². The Hall–Kier alpha value is -1.97. The zero-order chi connectivity index (χ0) is 18.1. The number of aliphatic imine (C=N–C) groups is 1. The smallest absolute Gasteiger partial charge is 0.252 e. The van der Waals surface area contributed by atoms with Crippen LogP contribution in [0.1, 0.15) is 52.4 Å². The number of nitrogens with one attached hydrogen (secondary N) is 1. The molecule has 1 N–H and O–H groups in total. The summed E-state index contributed by atoms with van der Waals surface area (Å²) in [5.41, 5.74) is 3.18. The van der Waals surface area contributed by atoms with Crippen LogP contribution in [0.2, 0.25) is 0 Å². The van der Waals surface area contributed by atoms with Gasteiger partial charge in [0.25, 0.3) is 11.8 Å². The second-order valence-corrected chi connectivity index (χ2v) is 9.24. The van der Waals surface area contributed by atoms with Gasteiger partial charge in [-0.05, 0) is 82.3 Å². The first-order valence-electron chi connectivity index (χ1n) is 9.95. The first-order valence-corrected chi connectivity index (χ1v) is 9.95. The second kappa shape index (κ2) is 5.51. The van der Waals surface area contributed by atoms with Gasteiger partial charge in [-0.3, -0.25) is 9.59 Å². The van der Waals surface area contributed by atoms with Crippen molar-refractivity contribution < 1.29 is 9.59 Å². The highest BCUT2D eigenvalue weighted by Crippen LogP contribution is 2.60. The highest BCUT2D eigenvalue weighted by Gasteiger charge is 2.54. The standard InChI is InChI=1S/C22H26N2O2/c1-12-13(2)20(25)24-19-8-17(3-4-18(12)19)23-21(26)22-9-14-5-15(10-22)7-16(6-14)11-22/h3-4,8,14-16,18H,5-7,9-11H2,1-2H3,(H,24,25). The number of fused-ring (bicyclic) bond motifs is 1. The van der Waals surface area contributed by atoms with Crippen molar-refractivity contribution >= 4 is 17.5 Å². The topological polar surface area (TPSA) is 58.5 Å². The Morgan fingerprint density at radius 2 is 1.73 bits per heavy atom. The average Bonchev–Trinajstić information content (AvgIpc) is 2.58. The third kappa shape index (κ3) is 2.38. The molecule has 6 aliphatic rings. The van der Waals surface area contributed by atoms with Gasteiger partial charge >= 0.3 is 0 Å². The average molecular weight is 350 g/mol. The van der Waals surface area contributed by atoms with Gasteiger partial charge in [-0.2, -0.15) is 0 Å². The van der Waals surface area contributed by atoms with Crippen LogP contribution in [0.15, 0.2) is 40.1 Å². The van der Waals surface area contributed by atoms with Gasteiger partial charge < -0.3 is 5.32 Å². The van der Waals surface area contributed by atoms with Crippen molar-refractivity contribution in [1.82, 2.24) is 5.32 Å². The number of carbonyl (C=O) groups excluding carboxylic acids is 2. The molecule has 0 saturated heterocycles. The molecule has 4 bridgehead atoms. The van der Waals surface area contributed by atoms with E-state index in [1.165, 1.54) is 19.3 Å². The molecule has 4 fully saturated rings. The predicted molar refractivity (Wildman–Crippen MR) is 100 cm³/mol. The summed E-state index contributed by atoms with van der Waals surface area (Å²) in [5.74, 6) is 2.35. The van der Waals surface area contributed by atoms with Crippen LogP contribution in [0.25, 0.3) is 0 Å². The van der Waals surface area contributed by atoms with Gasteiger partial charge in [-0.25, -0.2) is 4.99 Å². The van der Waals surface area contributed by atoms with Crippen molar-refractivity contribution in [2.45, 2.75) is 52.4 Å². The first-order chi connectivity index (χ1) is 12.4. The zero-order valence-corrected chi connectivity index (χ0v) is 15.5. The molecule has 6 rings (SSSR count). The van der Waals surface area contributed by atoms with E-state index in [4.69, 9.17) is 0 Å². The van der Waals surface area contributed by atoms with E-state index in [0.29, 0.717) is 5.71 Å². The van der Waals surface area contributed by atoms with E-state index >= 15 is 0 Å². The third-order valence-electron chi connectivity index (χ3n) is 7.48. The molecule has 26 heavy (non-hydrogen) atoms. The lowest BCUT2D eigenvalue weighted by Gasteiger charge is -2.55. The summed E-state index contributed by atoms with van der Waals surface area (Å²) in [6, 6.07) is 0. The third-order valence-corrected chi connectivity index (χ3v) is 7.48. The summed E-state index contributed by atoms with van der Waals surface area (Å²) in [7, 11) is 0. The highest BCUT2D eigenvalue weighted by atomic mass is 16.2. The Morgan fingerprint density at radius 3 is 2.35 bits per heavy atom. The van der Waals surface area contributed by atoms with Crippen LogP contribution in [0.4, 0.5) is 0 Å². The zero-order valence-electron chi connectivity index (χ0n) is 15.5. The fourth-order valence-corrected chi connectivity index (χ4v) is 6.40. The maximum Gasteiger partial charge on any atom is 0.252 e. The van der Waals surface area contributed by atoms with Crippen molar-refractivity contribution in [3.05, 3.63) is 35.1 Å². The lowest BCUT2D eigenvalue weighted by atomic mass is 9.49. The largest absolute Gasteiger partial charge is 0.325 e. The fraction of sp³-hybridized carbons (Fsp3) is 0.591. The van der Waals surface area contributed by atoms with Gasteiger partial charge in [-0.15, -0.1) is 0 Å². The molecule has 0 spiro atoms. The van der Waals surface area contributed by atoms with Crippen LogP contribution in [0, 0.1) is 29.1 Å². The molecule has 4 heteroatoms. The summed E-state index contributed by atoms with van der Waals surface area (Å²) in [6.07, 6.45) is 13.0. The van der Waals surface area contributed by atoms with Crippen LogP contribution >= 0.6 is 0 Å². The van der Waals surface area contributed by atoms with E-state index in [1.54, 1.807) is 0 Å². The van der Waals surface area contributed by atoms with E-state index in [1.807, 2.05) is 26.0 Å². The van der Waals surface area contributed by atoms with E-state index < -0.39 is 0 Å².